The SMILES string of the molecule is N#Cc1ccc(Cl)c(NC(=O)c2cccc(Cl)c2N)c1. The summed E-state index contributed by atoms with van der Waals surface area (Å²) in [5.74, 6) is -0.443. The van der Waals surface area contributed by atoms with Gasteiger partial charge in [-0.2, -0.15) is 5.26 Å². The van der Waals surface area contributed by atoms with Crippen LogP contribution in [0.4, 0.5) is 11.4 Å². The fourth-order valence-corrected chi connectivity index (χ4v) is 1.95. The standard InChI is InChI=1S/C14H9Cl2N3O/c15-10-5-4-8(7-17)6-12(10)19-14(20)9-2-1-3-11(16)13(9)18/h1-6H,18H2,(H,19,20). The van der Waals surface area contributed by atoms with Gasteiger partial charge >= 0.3 is 0 Å². The van der Waals surface area contributed by atoms with Gasteiger partial charge in [-0.1, -0.05) is 29.3 Å². The van der Waals surface area contributed by atoms with Gasteiger partial charge in [0.15, 0.2) is 0 Å². The van der Waals surface area contributed by atoms with Crippen molar-refractivity contribution in [2.24, 2.45) is 0 Å². The third kappa shape index (κ3) is 2.85. The number of hydrogen-bond acceptors (Lipinski definition) is 3. The van der Waals surface area contributed by atoms with E-state index in [4.69, 9.17) is 34.2 Å². The number of carbonyl (C=O) groups is 1. The number of hydrogen-bond donors (Lipinski definition) is 2. The Morgan fingerprint density at radius 3 is 2.65 bits per heavy atom. The fourth-order valence-electron chi connectivity index (χ4n) is 1.62. The van der Waals surface area contributed by atoms with Crippen molar-refractivity contribution in [3.8, 4) is 6.07 Å². The van der Waals surface area contributed by atoms with E-state index in [9.17, 15) is 4.79 Å². The zero-order valence-electron chi connectivity index (χ0n) is 10.2. The molecule has 0 fully saturated rings. The average molecular weight is 306 g/mol. The van der Waals surface area contributed by atoms with Crippen molar-refractivity contribution in [1.82, 2.24) is 0 Å². The number of nitrogen functional groups attached to an aromatic ring is 1. The number of benzene rings is 2. The Morgan fingerprint density at radius 1 is 1.20 bits per heavy atom. The molecule has 2 aromatic carbocycles. The van der Waals surface area contributed by atoms with Crippen LogP contribution in [0.15, 0.2) is 36.4 Å². The van der Waals surface area contributed by atoms with Gasteiger partial charge in [-0.05, 0) is 30.3 Å². The molecule has 0 atom stereocenters. The molecular weight excluding hydrogens is 297 g/mol. The third-order valence-electron chi connectivity index (χ3n) is 2.64. The van der Waals surface area contributed by atoms with E-state index in [0.717, 1.165) is 0 Å². The Morgan fingerprint density at radius 2 is 1.95 bits per heavy atom. The van der Waals surface area contributed by atoms with Gasteiger partial charge in [0.25, 0.3) is 5.91 Å². The largest absolute Gasteiger partial charge is 0.397 e. The molecule has 0 aliphatic carbocycles. The summed E-state index contributed by atoms with van der Waals surface area (Å²) in [6.45, 7) is 0. The summed E-state index contributed by atoms with van der Waals surface area (Å²) < 4.78 is 0. The van der Waals surface area contributed by atoms with Gasteiger partial charge in [0.05, 0.1) is 38.6 Å². The molecule has 2 rings (SSSR count). The number of anilines is 2. The molecule has 0 aliphatic heterocycles. The van der Waals surface area contributed by atoms with Crippen molar-refractivity contribution in [2.75, 3.05) is 11.1 Å². The van der Waals surface area contributed by atoms with Gasteiger partial charge in [0.1, 0.15) is 0 Å². The number of rotatable bonds is 2. The molecule has 1 amide bonds. The molecule has 0 saturated heterocycles. The normalized spacial score (nSPS) is 9.85. The first-order valence-electron chi connectivity index (χ1n) is 5.58. The van der Waals surface area contributed by atoms with Crippen LogP contribution in [-0.2, 0) is 0 Å². The lowest BCUT2D eigenvalue weighted by molar-refractivity contribution is 0.102. The summed E-state index contributed by atoms with van der Waals surface area (Å²) in [6.07, 6.45) is 0. The minimum absolute atomic E-state index is 0.194. The zero-order chi connectivity index (χ0) is 14.7. The van der Waals surface area contributed by atoms with E-state index in [0.29, 0.717) is 21.3 Å². The summed E-state index contributed by atoms with van der Waals surface area (Å²) in [5.41, 5.74) is 6.93. The maximum Gasteiger partial charge on any atom is 0.257 e. The van der Waals surface area contributed by atoms with E-state index < -0.39 is 5.91 Å². The first kappa shape index (κ1) is 14.2. The van der Waals surface area contributed by atoms with Crippen LogP contribution < -0.4 is 11.1 Å². The maximum absolute atomic E-state index is 12.1. The first-order chi connectivity index (χ1) is 9.52. The topological polar surface area (TPSA) is 78.9 Å². The van der Waals surface area contributed by atoms with E-state index in [2.05, 4.69) is 5.32 Å². The summed E-state index contributed by atoms with van der Waals surface area (Å²) in [6, 6.07) is 11.3. The molecule has 0 spiro atoms. The first-order valence-corrected chi connectivity index (χ1v) is 6.33. The molecule has 100 valence electrons. The Hall–Kier alpha value is -2.22. The number of amides is 1. The van der Waals surface area contributed by atoms with Crippen molar-refractivity contribution in [2.45, 2.75) is 0 Å². The molecule has 0 radical (unpaired) electrons. The Kier molecular flexibility index (Phi) is 4.14. The second-order valence-corrected chi connectivity index (χ2v) is 4.78. The van der Waals surface area contributed by atoms with Gasteiger partial charge in [-0.15, -0.1) is 0 Å². The van der Waals surface area contributed by atoms with Crippen LogP contribution in [0, 0.1) is 11.3 Å². The van der Waals surface area contributed by atoms with Gasteiger partial charge in [-0.3, -0.25) is 4.79 Å². The number of nitrogens with zero attached hydrogens (tertiary/aromatic N) is 1. The van der Waals surface area contributed by atoms with Crippen molar-refractivity contribution in [1.29, 1.82) is 5.26 Å². The average Bonchev–Trinajstić information content (AvgIpc) is 2.44. The van der Waals surface area contributed by atoms with Gasteiger partial charge in [0.2, 0.25) is 0 Å². The predicted octanol–water partition coefficient (Wildman–Crippen LogP) is 3.70. The minimum Gasteiger partial charge on any atom is -0.397 e. The highest BCUT2D eigenvalue weighted by Gasteiger charge is 2.13. The molecule has 6 heteroatoms. The third-order valence-corrected chi connectivity index (χ3v) is 3.30. The molecule has 2 aromatic rings. The number of halogens is 2. The highest BCUT2D eigenvalue weighted by atomic mass is 35.5. The molecular formula is C14H9Cl2N3O. The van der Waals surface area contributed by atoms with Crippen LogP contribution in [0.1, 0.15) is 15.9 Å². The molecule has 0 unspecified atom stereocenters. The molecule has 20 heavy (non-hydrogen) atoms. The lowest BCUT2D eigenvalue weighted by Crippen LogP contribution is -2.14. The molecule has 4 nitrogen and oxygen atoms in total. The number of nitrogens with one attached hydrogen (secondary N) is 1. The van der Waals surface area contributed by atoms with Crippen molar-refractivity contribution in [3.05, 3.63) is 57.6 Å². The van der Waals surface area contributed by atoms with E-state index in [1.807, 2.05) is 6.07 Å². The number of para-hydroxylation sites is 1. The van der Waals surface area contributed by atoms with E-state index >= 15 is 0 Å². The number of nitriles is 1. The number of nitrogens with two attached hydrogens (primary N) is 1. The van der Waals surface area contributed by atoms with E-state index in [-0.39, 0.29) is 11.3 Å². The lowest BCUT2D eigenvalue weighted by Gasteiger charge is -2.10. The zero-order valence-corrected chi connectivity index (χ0v) is 11.7. The molecule has 0 bridgehead atoms. The molecule has 3 N–H and O–H groups in total. The van der Waals surface area contributed by atoms with Crippen LogP contribution in [0.25, 0.3) is 0 Å². The van der Waals surface area contributed by atoms with Gasteiger partial charge < -0.3 is 11.1 Å². The van der Waals surface area contributed by atoms with Crippen molar-refractivity contribution < 1.29 is 4.79 Å². The van der Waals surface area contributed by atoms with Crippen LogP contribution in [-0.4, -0.2) is 5.91 Å². The summed E-state index contributed by atoms with van der Waals surface area (Å²) in [4.78, 5) is 12.1. The molecule has 0 aromatic heterocycles. The quantitative estimate of drug-likeness (QED) is 0.830. The summed E-state index contributed by atoms with van der Waals surface area (Å²) in [7, 11) is 0. The Labute approximate surface area is 125 Å². The molecule has 0 heterocycles. The smallest absolute Gasteiger partial charge is 0.257 e. The van der Waals surface area contributed by atoms with Crippen LogP contribution >= 0.6 is 23.2 Å². The summed E-state index contributed by atoms with van der Waals surface area (Å²) >= 11 is 11.8. The Balaban J connectivity index is 2.33. The van der Waals surface area contributed by atoms with E-state index in [1.54, 1.807) is 24.3 Å². The lowest BCUT2D eigenvalue weighted by atomic mass is 10.1. The van der Waals surface area contributed by atoms with Crippen LogP contribution in [0.5, 0.6) is 0 Å². The Bertz CT molecular complexity index is 723. The highest BCUT2D eigenvalue weighted by Crippen LogP contribution is 2.26. The maximum atomic E-state index is 12.1. The van der Waals surface area contributed by atoms with Crippen LogP contribution in [0.3, 0.4) is 0 Å². The second kappa shape index (κ2) is 5.83. The molecule has 0 saturated carbocycles. The van der Waals surface area contributed by atoms with E-state index in [1.165, 1.54) is 12.1 Å². The molecule has 0 aliphatic rings. The number of carbonyl (C=O) groups excluding carboxylic acids is 1. The highest BCUT2D eigenvalue weighted by molar-refractivity contribution is 6.35. The summed E-state index contributed by atoms with van der Waals surface area (Å²) in [5, 5.41) is 12.1. The second-order valence-electron chi connectivity index (χ2n) is 3.96. The van der Waals surface area contributed by atoms with Crippen LogP contribution in [0.2, 0.25) is 10.0 Å². The van der Waals surface area contributed by atoms with Gasteiger partial charge in [0, 0.05) is 0 Å². The predicted molar refractivity (Wildman–Crippen MR) is 80.0 cm³/mol. The van der Waals surface area contributed by atoms with Gasteiger partial charge in [-0.25, -0.2) is 0 Å². The monoisotopic (exact) mass is 305 g/mol. The fraction of sp³-hybridized carbons (Fsp3) is 0. The minimum atomic E-state index is -0.443. The van der Waals surface area contributed by atoms with Crippen molar-refractivity contribution in [3.63, 3.8) is 0 Å². The van der Waals surface area contributed by atoms with Crippen molar-refractivity contribution >= 4 is 40.5 Å².